The van der Waals surface area contributed by atoms with Gasteiger partial charge in [0.15, 0.2) is 0 Å². The summed E-state index contributed by atoms with van der Waals surface area (Å²) >= 11 is 0. The van der Waals surface area contributed by atoms with Gasteiger partial charge in [0.2, 0.25) is 0 Å². The van der Waals surface area contributed by atoms with Crippen molar-refractivity contribution in [1.29, 1.82) is 0 Å². The maximum absolute atomic E-state index is 11.7. The van der Waals surface area contributed by atoms with Gasteiger partial charge in [-0.05, 0) is 12.8 Å². The molecule has 0 aliphatic carbocycles. The number of cyclic esters (lactones) is 1. The highest BCUT2D eigenvalue weighted by Gasteiger charge is 2.35. The van der Waals surface area contributed by atoms with Gasteiger partial charge in [-0.3, -0.25) is 4.79 Å². The molecule has 0 N–H and O–H groups in total. The van der Waals surface area contributed by atoms with E-state index >= 15 is 0 Å². The average Bonchev–Trinajstić information content (AvgIpc) is 2.75. The molecule has 1 saturated heterocycles. The van der Waals surface area contributed by atoms with Crippen molar-refractivity contribution in [3.8, 4) is 0 Å². The molecule has 2 rings (SSSR count). The van der Waals surface area contributed by atoms with Gasteiger partial charge >= 0.3 is 5.97 Å². The lowest BCUT2D eigenvalue weighted by molar-refractivity contribution is -0.141. The second-order valence-corrected chi connectivity index (χ2v) is 3.64. The molecule has 82 valence electrons. The lowest BCUT2D eigenvalue weighted by Crippen LogP contribution is -2.18. The van der Waals surface area contributed by atoms with Crippen LogP contribution >= 0.6 is 0 Å². The monoisotopic (exact) mass is 211 g/mol. The van der Waals surface area contributed by atoms with Crippen molar-refractivity contribution in [3.05, 3.63) is 18.2 Å². The Kier molecular flexibility index (Phi) is 1.90. The van der Waals surface area contributed by atoms with E-state index in [2.05, 4.69) is 4.98 Å². The number of esters is 1. The smallest absolute Gasteiger partial charge is 0.309 e. The fourth-order valence-corrected chi connectivity index (χ4v) is 1.75. The van der Waals surface area contributed by atoms with E-state index in [1.54, 1.807) is 31.1 Å². The van der Waals surface area contributed by atoms with Crippen molar-refractivity contribution in [2.45, 2.75) is 19.8 Å². The average molecular weight is 211 g/mol. The standard InChI is InChI=1S/C11H16N2O2/c1-3-10-8(6-15-11(10)14)4-9-5-12-7-13(9)2/h5,7-8,10H,3-4,6H2,1-2H3/t8-,10-/m0/s1/i6D2,10D. The summed E-state index contributed by atoms with van der Waals surface area (Å²) in [5.74, 6) is -3.12. The molecule has 1 aromatic rings. The van der Waals surface area contributed by atoms with Crippen LogP contribution in [0.3, 0.4) is 0 Å². The predicted molar refractivity (Wildman–Crippen MR) is 55.1 cm³/mol. The number of hydrogen-bond donors (Lipinski definition) is 0. The Morgan fingerprint density at radius 1 is 1.87 bits per heavy atom. The summed E-state index contributed by atoms with van der Waals surface area (Å²) in [5, 5.41) is 0. The first-order valence-electron chi connectivity index (χ1n) is 6.50. The quantitative estimate of drug-likeness (QED) is 0.705. The van der Waals surface area contributed by atoms with Crippen LogP contribution in [0.25, 0.3) is 0 Å². The van der Waals surface area contributed by atoms with Crippen molar-refractivity contribution in [2.24, 2.45) is 18.9 Å². The van der Waals surface area contributed by atoms with E-state index in [0.717, 1.165) is 5.69 Å². The van der Waals surface area contributed by atoms with Gasteiger partial charge in [-0.15, -0.1) is 0 Å². The summed E-state index contributed by atoms with van der Waals surface area (Å²) in [5.41, 5.74) is 0.784. The first-order chi connectivity index (χ1) is 8.31. The lowest BCUT2D eigenvalue weighted by atomic mass is 9.89. The summed E-state index contributed by atoms with van der Waals surface area (Å²) < 4.78 is 30.2. The number of ether oxygens (including phenoxy) is 1. The molecule has 0 radical (unpaired) electrons. The highest BCUT2D eigenvalue weighted by molar-refractivity contribution is 5.74. The Balaban J connectivity index is 2.34. The Morgan fingerprint density at radius 2 is 2.67 bits per heavy atom. The van der Waals surface area contributed by atoms with E-state index in [1.807, 2.05) is 0 Å². The van der Waals surface area contributed by atoms with Crippen LogP contribution in [0.15, 0.2) is 12.5 Å². The molecule has 1 aromatic heterocycles. The minimum atomic E-state index is -2.10. The summed E-state index contributed by atoms with van der Waals surface area (Å²) in [4.78, 5) is 15.7. The summed E-state index contributed by atoms with van der Waals surface area (Å²) in [7, 11) is 1.80. The van der Waals surface area contributed by atoms with Crippen LogP contribution < -0.4 is 0 Å². The summed E-state index contributed by atoms with van der Waals surface area (Å²) in [6, 6.07) is 0. The molecular weight excluding hydrogens is 192 g/mol. The van der Waals surface area contributed by atoms with Crippen LogP contribution in [-0.2, 0) is 23.0 Å². The number of imidazole rings is 1. The molecule has 0 amide bonds. The SMILES string of the molecule is [2H]C1([2H])OC(=O)[C@@]([2H])(CC)[C@H]1Cc1cncn1C. The molecule has 2 atom stereocenters. The number of hydrogen-bond acceptors (Lipinski definition) is 3. The largest absolute Gasteiger partial charge is 0.465 e. The first-order valence-corrected chi connectivity index (χ1v) is 5.00. The number of rotatable bonds is 3. The second kappa shape index (κ2) is 4.04. The number of carbonyl (C=O) groups is 1. The number of carbonyl (C=O) groups excluding carboxylic acids is 1. The fraction of sp³-hybridized carbons (Fsp3) is 0.636. The predicted octanol–water partition coefficient (Wildman–Crippen LogP) is 1.16. The third-order valence-corrected chi connectivity index (χ3v) is 2.69. The molecule has 2 heterocycles. The molecule has 0 unspecified atom stereocenters. The van der Waals surface area contributed by atoms with Crippen LogP contribution in [0.5, 0.6) is 0 Å². The van der Waals surface area contributed by atoms with Gasteiger partial charge in [0, 0.05) is 26.2 Å². The molecule has 0 spiro atoms. The Hall–Kier alpha value is -1.32. The van der Waals surface area contributed by atoms with Crippen molar-refractivity contribution >= 4 is 5.97 Å². The normalized spacial score (nSPS) is 36.8. The summed E-state index contributed by atoms with van der Waals surface area (Å²) in [6.45, 7) is -0.398. The van der Waals surface area contributed by atoms with Gasteiger partial charge in [0.1, 0.15) is 0 Å². The molecule has 0 saturated carbocycles. The lowest BCUT2D eigenvalue weighted by Gasteiger charge is -2.12. The molecular formula is C11H16N2O2. The second-order valence-electron chi connectivity index (χ2n) is 3.64. The number of aromatic nitrogens is 2. The van der Waals surface area contributed by atoms with Crippen LogP contribution in [0.4, 0.5) is 0 Å². The highest BCUT2D eigenvalue weighted by atomic mass is 16.5. The molecule has 0 bridgehead atoms. The molecule has 0 aromatic carbocycles. The van der Waals surface area contributed by atoms with Crippen molar-refractivity contribution < 1.29 is 13.6 Å². The van der Waals surface area contributed by atoms with E-state index in [4.69, 9.17) is 8.85 Å². The van der Waals surface area contributed by atoms with E-state index in [-0.39, 0.29) is 12.8 Å². The Labute approximate surface area is 93.5 Å². The van der Waals surface area contributed by atoms with Gasteiger partial charge in [0.25, 0.3) is 0 Å². The summed E-state index contributed by atoms with van der Waals surface area (Å²) in [6.07, 6.45) is 3.72. The van der Waals surface area contributed by atoms with Crippen LogP contribution in [-0.4, -0.2) is 22.1 Å². The van der Waals surface area contributed by atoms with E-state index in [9.17, 15) is 4.79 Å². The van der Waals surface area contributed by atoms with Gasteiger partial charge in [-0.1, -0.05) is 6.92 Å². The van der Waals surface area contributed by atoms with Gasteiger partial charge in [-0.25, -0.2) is 4.98 Å². The zero-order chi connectivity index (χ0) is 13.6. The minimum absolute atomic E-state index is 0.230. The first kappa shape index (κ1) is 7.04. The maximum Gasteiger partial charge on any atom is 0.309 e. The highest BCUT2D eigenvalue weighted by Crippen LogP contribution is 2.27. The van der Waals surface area contributed by atoms with Crippen LogP contribution in [0.2, 0.25) is 0 Å². The maximum atomic E-state index is 11.7. The van der Waals surface area contributed by atoms with Gasteiger partial charge in [-0.2, -0.15) is 0 Å². The minimum Gasteiger partial charge on any atom is -0.465 e. The zero-order valence-corrected chi connectivity index (χ0v) is 8.86. The van der Waals surface area contributed by atoms with Crippen LogP contribution in [0.1, 0.15) is 23.2 Å². The van der Waals surface area contributed by atoms with E-state index < -0.39 is 24.3 Å². The number of aryl methyl sites for hydroxylation is 1. The fourth-order valence-electron chi connectivity index (χ4n) is 1.75. The zero-order valence-electron chi connectivity index (χ0n) is 11.9. The third-order valence-electron chi connectivity index (χ3n) is 2.69. The van der Waals surface area contributed by atoms with Gasteiger partial charge in [0.05, 0.1) is 21.5 Å². The van der Waals surface area contributed by atoms with Crippen molar-refractivity contribution in [2.75, 3.05) is 6.56 Å². The molecule has 4 nitrogen and oxygen atoms in total. The molecule has 4 heteroatoms. The molecule has 1 aliphatic heterocycles. The number of nitrogens with zero attached hydrogens (tertiary/aromatic N) is 2. The molecule has 15 heavy (non-hydrogen) atoms. The van der Waals surface area contributed by atoms with Crippen LogP contribution in [0, 0.1) is 11.8 Å². The van der Waals surface area contributed by atoms with Crippen molar-refractivity contribution in [3.63, 3.8) is 0 Å². The molecule has 1 fully saturated rings. The van der Waals surface area contributed by atoms with Crippen molar-refractivity contribution in [1.82, 2.24) is 9.55 Å². The third kappa shape index (κ3) is 1.89. The Bertz CT molecular complexity index is 475. The topological polar surface area (TPSA) is 44.1 Å². The molecule has 1 aliphatic rings. The van der Waals surface area contributed by atoms with Gasteiger partial charge < -0.3 is 9.30 Å². The van der Waals surface area contributed by atoms with E-state index in [1.165, 1.54) is 0 Å². The van der Waals surface area contributed by atoms with E-state index in [0.29, 0.717) is 0 Å². The Morgan fingerprint density at radius 3 is 3.27 bits per heavy atom.